The molecule has 144 valence electrons. The lowest BCUT2D eigenvalue weighted by molar-refractivity contribution is 0.0941. The summed E-state index contributed by atoms with van der Waals surface area (Å²) in [6.07, 6.45) is 3.30. The summed E-state index contributed by atoms with van der Waals surface area (Å²) in [6, 6.07) is 22.4. The maximum atomic E-state index is 13.1. The van der Waals surface area contributed by atoms with E-state index in [9.17, 15) is 4.79 Å². The SMILES string of the molecule is Cc1c(C(=O)NC(c2ccccc2)c2ccccn2)cnn1-c1cccc(Cl)c1. The normalized spacial score (nSPS) is 11.8. The molecule has 29 heavy (non-hydrogen) atoms. The lowest BCUT2D eigenvalue weighted by atomic mass is 10.0. The minimum Gasteiger partial charge on any atom is -0.339 e. The largest absolute Gasteiger partial charge is 0.339 e. The topological polar surface area (TPSA) is 59.8 Å². The Balaban J connectivity index is 1.65. The Morgan fingerprint density at radius 1 is 1.03 bits per heavy atom. The Hall–Kier alpha value is -3.44. The van der Waals surface area contributed by atoms with Crippen molar-refractivity contribution in [3.8, 4) is 5.69 Å². The quantitative estimate of drug-likeness (QED) is 0.524. The van der Waals surface area contributed by atoms with Crippen molar-refractivity contribution >= 4 is 17.5 Å². The van der Waals surface area contributed by atoms with E-state index in [0.29, 0.717) is 10.6 Å². The summed E-state index contributed by atoms with van der Waals surface area (Å²) in [4.78, 5) is 17.6. The van der Waals surface area contributed by atoms with Gasteiger partial charge in [-0.2, -0.15) is 5.10 Å². The summed E-state index contributed by atoms with van der Waals surface area (Å²) >= 11 is 6.09. The molecular weight excluding hydrogens is 384 g/mol. The van der Waals surface area contributed by atoms with Gasteiger partial charge in [-0.15, -0.1) is 0 Å². The van der Waals surface area contributed by atoms with Crippen LogP contribution in [0.1, 0.15) is 33.4 Å². The molecule has 4 rings (SSSR count). The van der Waals surface area contributed by atoms with Gasteiger partial charge in [0.2, 0.25) is 0 Å². The Morgan fingerprint density at radius 2 is 1.83 bits per heavy atom. The molecular formula is C23H19ClN4O. The van der Waals surface area contributed by atoms with Gasteiger partial charge in [-0.1, -0.05) is 54.1 Å². The van der Waals surface area contributed by atoms with Crippen LogP contribution in [-0.2, 0) is 0 Å². The summed E-state index contributed by atoms with van der Waals surface area (Å²) in [5.41, 5.74) is 3.77. The number of nitrogens with one attached hydrogen (secondary N) is 1. The van der Waals surface area contributed by atoms with Crippen LogP contribution in [0, 0.1) is 6.92 Å². The molecule has 5 nitrogen and oxygen atoms in total. The first-order valence-electron chi connectivity index (χ1n) is 9.21. The summed E-state index contributed by atoms with van der Waals surface area (Å²) in [6.45, 7) is 1.86. The number of hydrogen-bond donors (Lipinski definition) is 1. The predicted molar refractivity (Wildman–Crippen MR) is 113 cm³/mol. The van der Waals surface area contributed by atoms with Crippen molar-refractivity contribution in [2.45, 2.75) is 13.0 Å². The highest BCUT2D eigenvalue weighted by Crippen LogP contribution is 2.22. The lowest BCUT2D eigenvalue weighted by Crippen LogP contribution is -2.30. The summed E-state index contributed by atoms with van der Waals surface area (Å²) in [7, 11) is 0. The van der Waals surface area contributed by atoms with Crippen molar-refractivity contribution in [3.05, 3.63) is 113 Å². The Bertz CT molecular complexity index is 1090. The van der Waals surface area contributed by atoms with Crippen molar-refractivity contribution in [3.63, 3.8) is 0 Å². The summed E-state index contributed by atoms with van der Waals surface area (Å²) in [5.74, 6) is -0.213. The van der Waals surface area contributed by atoms with Gasteiger partial charge >= 0.3 is 0 Å². The van der Waals surface area contributed by atoms with Crippen molar-refractivity contribution in [1.29, 1.82) is 0 Å². The van der Waals surface area contributed by atoms with E-state index in [-0.39, 0.29) is 11.9 Å². The van der Waals surface area contributed by atoms with Crippen LogP contribution < -0.4 is 5.32 Å². The highest BCUT2D eigenvalue weighted by molar-refractivity contribution is 6.30. The zero-order valence-electron chi connectivity index (χ0n) is 15.8. The molecule has 0 aliphatic rings. The fraction of sp³-hybridized carbons (Fsp3) is 0.0870. The first-order valence-corrected chi connectivity index (χ1v) is 9.58. The van der Waals surface area contributed by atoms with Crippen molar-refractivity contribution < 1.29 is 4.79 Å². The minimum absolute atomic E-state index is 0.213. The number of benzene rings is 2. The zero-order valence-corrected chi connectivity index (χ0v) is 16.5. The number of nitrogens with zero attached hydrogens (tertiary/aromatic N) is 3. The van der Waals surface area contributed by atoms with Crippen molar-refractivity contribution in [1.82, 2.24) is 20.1 Å². The van der Waals surface area contributed by atoms with E-state index in [1.165, 1.54) is 0 Å². The molecule has 1 amide bonds. The van der Waals surface area contributed by atoms with Gasteiger partial charge < -0.3 is 5.32 Å². The molecule has 2 aromatic carbocycles. The molecule has 0 fully saturated rings. The van der Waals surface area contributed by atoms with Gasteiger partial charge in [0.15, 0.2) is 0 Å². The third-order valence-corrected chi connectivity index (χ3v) is 4.93. The molecule has 2 aromatic heterocycles. The fourth-order valence-electron chi connectivity index (χ4n) is 3.23. The molecule has 1 N–H and O–H groups in total. The highest BCUT2D eigenvalue weighted by Gasteiger charge is 2.22. The molecule has 0 aliphatic carbocycles. The minimum atomic E-state index is -0.362. The molecule has 2 heterocycles. The number of halogens is 1. The third-order valence-electron chi connectivity index (χ3n) is 4.70. The molecule has 1 unspecified atom stereocenters. The molecule has 0 radical (unpaired) electrons. The second-order valence-corrected chi connectivity index (χ2v) is 7.04. The van der Waals surface area contributed by atoms with Gasteiger partial charge in [0.25, 0.3) is 5.91 Å². The predicted octanol–water partition coefficient (Wildman–Crippen LogP) is 4.75. The van der Waals surface area contributed by atoms with Gasteiger partial charge in [0, 0.05) is 11.2 Å². The van der Waals surface area contributed by atoms with Crippen LogP contribution in [0.5, 0.6) is 0 Å². The Labute approximate surface area is 174 Å². The van der Waals surface area contributed by atoms with Crippen LogP contribution in [0.2, 0.25) is 5.02 Å². The number of carbonyl (C=O) groups is 1. The number of pyridine rings is 1. The number of rotatable bonds is 5. The van der Waals surface area contributed by atoms with Gasteiger partial charge in [-0.05, 0) is 42.8 Å². The number of carbonyl (C=O) groups excluding carboxylic acids is 1. The van der Waals surface area contributed by atoms with Crippen LogP contribution in [0.4, 0.5) is 0 Å². The molecule has 0 bridgehead atoms. The van der Waals surface area contributed by atoms with Crippen LogP contribution >= 0.6 is 11.6 Å². The number of hydrogen-bond acceptors (Lipinski definition) is 3. The zero-order chi connectivity index (χ0) is 20.2. The second kappa shape index (κ2) is 8.29. The van der Waals surface area contributed by atoms with E-state index < -0.39 is 0 Å². The highest BCUT2D eigenvalue weighted by atomic mass is 35.5. The van der Waals surface area contributed by atoms with Gasteiger partial charge in [-0.3, -0.25) is 9.78 Å². The number of aromatic nitrogens is 3. The molecule has 6 heteroatoms. The molecule has 1 atom stereocenters. The smallest absolute Gasteiger partial charge is 0.255 e. The van der Waals surface area contributed by atoms with Crippen LogP contribution in [0.3, 0.4) is 0 Å². The summed E-state index contributed by atoms with van der Waals surface area (Å²) in [5, 5.41) is 8.10. The van der Waals surface area contributed by atoms with E-state index in [1.807, 2.05) is 73.7 Å². The van der Waals surface area contributed by atoms with Crippen LogP contribution in [0.15, 0.2) is 85.2 Å². The second-order valence-electron chi connectivity index (χ2n) is 6.61. The molecule has 0 saturated carbocycles. The van der Waals surface area contributed by atoms with Crippen molar-refractivity contribution in [2.75, 3.05) is 0 Å². The third kappa shape index (κ3) is 4.05. The first kappa shape index (κ1) is 18.9. The molecule has 0 spiro atoms. The Kier molecular flexibility index (Phi) is 5.40. The monoisotopic (exact) mass is 402 g/mol. The maximum absolute atomic E-state index is 13.1. The Morgan fingerprint density at radius 3 is 2.55 bits per heavy atom. The average Bonchev–Trinajstić information content (AvgIpc) is 3.14. The maximum Gasteiger partial charge on any atom is 0.255 e. The molecule has 4 aromatic rings. The fourth-order valence-corrected chi connectivity index (χ4v) is 3.41. The van der Waals surface area contributed by atoms with Gasteiger partial charge in [0.05, 0.1) is 34.9 Å². The van der Waals surface area contributed by atoms with E-state index in [4.69, 9.17) is 11.6 Å². The van der Waals surface area contributed by atoms with Gasteiger partial charge in [0.1, 0.15) is 0 Å². The van der Waals surface area contributed by atoms with E-state index in [2.05, 4.69) is 15.4 Å². The molecule has 0 aliphatic heterocycles. The molecule has 0 saturated heterocycles. The summed E-state index contributed by atoms with van der Waals surface area (Å²) < 4.78 is 1.71. The average molecular weight is 403 g/mol. The van der Waals surface area contributed by atoms with E-state index in [1.54, 1.807) is 23.1 Å². The number of amides is 1. The van der Waals surface area contributed by atoms with Crippen LogP contribution in [0.25, 0.3) is 5.69 Å². The van der Waals surface area contributed by atoms with E-state index >= 15 is 0 Å². The first-order chi connectivity index (χ1) is 14.1. The standard InChI is InChI=1S/C23H19ClN4O/c1-16-20(15-26-28(16)19-11-7-10-18(24)14-19)23(29)27-22(17-8-3-2-4-9-17)21-12-5-6-13-25-21/h2-15,22H,1H3,(H,27,29). The van der Waals surface area contributed by atoms with Crippen molar-refractivity contribution in [2.24, 2.45) is 0 Å². The van der Waals surface area contributed by atoms with Crippen LogP contribution in [-0.4, -0.2) is 20.7 Å². The van der Waals surface area contributed by atoms with E-state index in [0.717, 1.165) is 22.6 Å². The lowest BCUT2D eigenvalue weighted by Gasteiger charge is -2.19. The van der Waals surface area contributed by atoms with Gasteiger partial charge in [-0.25, -0.2) is 4.68 Å².